The van der Waals surface area contributed by atoms with Crippen LogP contribution in [-0.4, -0.2) is 58.2 Å². The van der Waals surface area contributed by atoms with Crippen molar-refractivity contribution in [2.75, 3.05) is 32.8 Å². The van der Waals surface area contributed by atoms with Gasteiger partial charge in [0.1, 0.15) is 6.61 Å². The van der Waals surface area contributed by atoms with Gasteiger partial charge in [-0.2, -0.15) is 0 Å². The minimum Gasteiger partial charge on any atom is -0.389 e. The molecule has 1 aliphatic heterocycles. The topological polar surface area (TPSA) is 69.8 Å². The van der Waals surface area contributed by atoms with Crippen LogP contribution in [0.3, 0.4) is 0 Å². The molecule has 2 aromatic rings. The summed E-state index contributed by atoms with van der Waals surface area (Å²) in [5.41, 5.74) is 0.887. The van der Waals surface area contributed by atoms with Crippen LogP contribution in [0.5, 0.6) is 0 Å². The Hall–Kier alpha value is -2.28. The fraction of sp³-hybridized carbons (Fsp3) is 0.400. The zero-order valence-corrected chi connectivity index (χ0v) is 14.8. The lowest BCUT2D eigenvalue weighted by molar-refractivity contribution is -0.573. The van der Waals surface area contributed by atoms with Gasteiger partial charge in [0.15, 0.2) is 0 Å². The van der Waals surface area contributed by atoms with Gasteiger partial charge >= 0.3 is 0 Å². The third kappa shape index (κ3) is 4.46. The molecule has 0 aliphatic carbocycles. The highest BCUT2D eigenvalue weighted by atomic mass is 16.6. The van der Waals surface area contributed by atoms with E-state index < -0.39 is 12.1 Å². The first-order chi connectivity index (χ1) is 12.6. The molecule has 0 bridgehead atoms. The summed E-state index contributed by atoms with van der Waals surface area (Å²) in [5.74, 6) is 0. The fourth-order valence-corrected chi connectivity index (χ4v) is 3.55. The molecular weight excluding hydrogens is 330 g/mol. The van der Waals surface area contributed by atoms with Gasteiger partial charge in [0, 0.05) is 31.1 Å². The van der Waals surface area contributed by atoms with E-state index >= 15 is 0 Å². The highest BCUT2D eigenvalue weighted by Gasteiger charge is 2.47. The third-order valence-corrected chi connectivity index (χ3v) is 4.95. The largest absolute Gasteiger partial charge is 0.389 e. The first-order valence-corrected chi connectivity index (χ1v) is 8.89. The Balaban J connectivity index is 1.78. The Labute approximate surface area is 153 Å². The zero-order valence-electron chi connectivity index (χ0n) is 14.8. The summed E-state index contributed by atoms with van der Waals surface area (Å²) in [7, 11) is 0. The van der Waals surface area contributed by atoms with Gasteiger partial charge in [0.05, 0.1) is 13.1 Å². The minimum atomic E-state index is -1.36. The van der Waals surface area contributed by atoms with Crippen LogP contribution in [-0.2, 0) is 13.1 Å². The average Bonchev–Trinajstić information content (AvgIpc) is 2.84. The van der Waals surface area contributed by atoms with Gasteiger partial charge in [-0.15, -0.1) is 0 Å². The quantitative estimate of drug-likeness (QED) is 0.634. The number of hydrogen-bond donors (Lipinski definition) is 1. The molecule has 0 radical (unpaired) electrons. The second-order valence-corrected chi connectivity index (χ2v) is 7.03. The van der Waals surface area contributed by atoms with Crippen LogP contribution >= 0.6 is 0 Å². The molecular formula is C20H25N3O3. The summed E-state index contributed by atoms with van der Waals surface area (Å²) in [6.45, 7) is 2.80. The summed E-state index contributed by atoms with van der Waals surface area (Å²) < 4.78 is 0. The van der Waals surface area contributed by atoms with Crippen LogP contribution in [0, 0.1) is 10.1 Å². The van der Waals surface area contributed by atoms with Crippen LogP contribution in [0.25, 0.3) is 0 Å². The number of aliphatic hydroxyl groups excluding tert-OH is 1. The van der Waals surface area contributed by atoms with Crippen molar-refractivity contribution in [3.63, 3.8) is 0 Å². The highest BCUT2D eigenvalue weighted by Crippen LogP contribution is 2.21. The summed E-state index contributed by atoms with van der Waals surface area (Å²) in [4.78, 5) is 15.7. The van der Waals surface area contributed by atoms with E-state index in [2.05, 4.69) is 9.80 Å². The Bertz CT molecular complexity index is 657. The molecule has 1 heterocycles. The molecule has 6 heteroatoms. The van der Waals surface area contributed by atoms with E-state index in [0.717, 1.165) is 24.2 Å². The molecule has 0 amide bonds. The first kappa shape index (κ1) is 18.5. The van der Waals surface area contributed by atoms with Gasteiger partial charge in [-0.1, -0.05) is 60.7 Å². The van der Waals surface area contributed by atoms with E-state index in [1.54, 1.807) is 0 Å². The van der Waals surface area contributed by atoms with Crippen molar-refractivity contribution in [3.05, 3.63) is 81.9 Å². The lowest BCUT2D eigenvalue weighted by Crippen LogP contribution is -2.55. The predicted octanol–water partition coefficient (Wildman–Crippen LogP) is 2.01. The SMILES string of the molecule is O=[N+]([O-])C1(CO)CN(Cc2ccccc2)CCN(Cc2ccccc2)C1. The van der Waals surface area contributed by atoms with Crippen LogP contribution in [0.15, 0.2) is 60.7 Å². The Morgan fingerprint density at radius 3 is 1.65 bits per heavy atom. The molecule has 26 heavy (non-hydrogen) atoms. The number of nitrogens with zero attached hydrogens (tertiary/aromatic N) is 3. The van der Waals surface area contributed by atoms with Crippen molar-refractivity contribution < 1.29 is 10.0 Å². The van der Waals surface area contributed by atoms with E-state index in [9.17, 15) is 15.2 Å². The van der Waals surface area contributed by atoms with Crippen LogP contribution in [0.4, 0.5) is 0 Å². The lowest BCUT2D eigenvalue weighted by Gasteiger charge is -2.29. The fourth-order valence-electron chi connectivity index (χ4n) is 3.55. The molecule has 2 aromatic carbocycles. The standard InChI is InChI=1S/C20H25N3O3/c24-17-20(23(25)26)15-21(13-18-7-3-1-4-8-18)11-12-22(16-20)14-19-9-5-2-6-10-19/h1-10,24H,11-17H2. The molecule has 3 rings (SSSR count). The van der Waals surface area contributed by atoms with Gasteiger partial charge in [0.2, 0.25) is 0 Å². The highest BCUT2D eigenvalue weighted by molar-refractivity contribution is 5.16. The van der Waals surface area contributed by atoms with E-state index in [4.69, 9.17) is 0 Å². The van der Waals surface area contributed by atoms with E-state index in [0.29, 0.717) is 13.1 Å². The second kappa shape index (κ2) is 8.40. The van der Waals surface area contributed by atoms with Gasteiger partial charge in [-0.3, -0.25) is 19.9 Å². The van der Waals surface area contributed by atoms with E-state index in [-0.39, 0.29) is 18.0 Å². The third-order valence-electron chi connectivity index (χ3n) is 4.95. The van der Waals surface area contributed by atoms with Crippen molar-refractivity contribution in [1.29, 1.82) is 0 Å². The van der Waals surface area contributed by atoms with Crippen molar-refractivity contribution in [2.24, 2.45) is 0 Å². The zero-order chi connectivity index (χ0) is 18.4. The van der Waals surface area contributed by atoms with Gasteiger partial charge in [-0.05, 0) is 11.1 Å². The monoisotopic (exact) mass is 355 g/mol. The molecule has 0 atom stereocenters. The molecule has 0 spiro atoms. The lowest BCUT2D eigenvalue weighted by atomic mass is 10.00. The summed E-state index contributed by atoms with van der Waals surface area (Å²) in [5, 5.41) is 21.8. The Kier molecular flexibility index (Phi) is 5.98. The maximum Gasteiger partial charge on any atom is 0.269 e. The number of rotatable bonds is 6. The van der Waals surface area contributed by atoms with Crippen molar-refractivity contribution in [2.45, 2.75) is 18.6 Å². The summed E-state index contributed by atoms with van der Waals surface area (Å²) in [6.07, 6.45) is 0. The summed E-state index contributed by atoms with van der Waals surface area (Å²) in [6, 6.07) is 19.9. The van der Waals surface area contributed by atoms with Crippen LogP contribution in [0.1, 0.15) is 11.1 Å². The number of nitro groups is 1. The Morgan fingerprint density at radius 2 is 1.31 bits per heavy atom. The van der Waals surface area contributed by atoms with E-state index in [1.807, 2.05) is 60.7 Å². The van der Waals surface area contributed by atoms with Crippen LogP contribution < -0.4 is 0 Å². The number of benzene rings is 2. The first-order valence-electron chi connectivity index (χ1n) is 8.89. The maximum absolute atomic E-state index is 11.8. The van der Waals surface area contributed by atoms with E-state index in [1.165, 1.54) is 0 Å². The van der Waals surface area contributed by atoms with Crippen LogP contribution in [0.2, 0.25) is 0 Å². The van der Waals surface area contributed by atoms with Crippen molar-refractivity contribution >= 4 is 0 Å². The van der Waals surface area contributed by atoms with Crippen molar-refractivity contribution in [3.8, 4) is 0 Å². The molecule has 0 unspecified atom stereocenters. The number of hydrogen-bond acceptors (Lipinski definition) is 5. The molecule has 1 aliphatic rings. The normalized spacial score (nSPS) is 18.3. The Morgan fingerprint density at radius 1 is 0.885 bits per heavy atom. The van der Waals surface area contributed by atoms with Gasteiger partial charge < -0.3 is 5.11 Å². The molecule has 138 valence electrons. The molecule has 1 N–H and O–H groups in total. The smallest absolute Gasteiger partial charge is 0.269 e. The number of aliphatic hydroxyl groups is 1. The van der Waals surface area contributed by atoms with Gasteiger partial charge in [-0.25, -0.2) is 0 Å². The molecule has 1 saturated heterocycles. The second-order valence-electron chi connectivity index (χ2n) is 7.03. The molecule has 1 fully saturated rings. The molecule has 0 aromatic heterocycles. The summed E-state index contributed by atoms with van der Waals surface area (Å²) >= 11 is 0. The van der Waals surface area contributed by atoms with Gasteiger partial charge in [0.25, 0.3) is 5.54 Å². The molecule has 0 saturated carbocycles. The minimum absolute atomic E-state index is 0.247. The predicted molar refractivity (Wildman–Crippen MR) is 100 cm³/mol. The molecule has 6 nitrogen and oxygen atoms in total. The van der Waals surface area contributed by atoms with Crippen molar-refractivity contribution in [1.82, 2.24) is 9.80 Å². The average molecular weight is 355 g/mol. The maximum atomic E-state index is 11.8.